The molecular formula is C20H29NO3. The van der Waals surface area contributed by atoms with Gasteiger partial charge in [-0.25, -0.2) is 0 Å². The van der Waals surface area contributed by atoms with Gasteiger partial charge < -0.3 is 14.4 Å². The molecule has 2 aliphatic rings. The lowest BCUT2D eigenvalue weighted by molar-refractivity contribution is -0.147. The molecule has 2 fully saturated rings. The molecule has 0 N–H and O–H groups in total. The third-order valence-electron chi connectivity index (χ3n) is 5.51. The van der Waals surface area contributed by atoms with E-state index in [1.54, 1.807) is 7.11 Å². The summed E-state index contributed by atoms with van der Waals surface area (Å²) in [5.74, 6) is 0.903. The van der Waals surface area contributed by atoms with E-state index in [1.807, 2.05) is 4.90 Å². The molecule has 0 bridgehead atoms. The maximum atomic E-state index is 12.1. The summed E-state index contributed by atoms with van der Waals surface area (Å²) >= 11 is 0. The summed E-state index contributed by atoms with van der Waals surface area (Å²) in [5.41, 5.74) is 1.42. The van der Waals surface area contributed by atoms with Crippen LogP contribution in [0.5, 0.6) is 0 Å². The third kappa shape index (κ3) is 4.37. The molecule has 4 heteroatoms. The number of carbonyl (C=O) groups is 1. The van der Waals surface area contributed by atoms with Crippen LogP contribution in [0.15, 0.2) is 30.3 Å². The first-order valence-corrected chi connectivity index (χ1v) is 9.15. The second-order valence-electron chi connectivity index (χ2n) is 7.20. The molecule has 1 atom stereocenters. The van der Waals surface area contributed by atoms with E-state index in [0.717, 1.165) is 51.8 Å². The zero-order chi connectivity index (χ0) is 16.8. The number of amides is 1. The monoisotopic (exact) mass is 331 g/mol. The SMILES string of the molecule is COCCC(=O)N1CCC2(CC1)CC(Cc1ccccc1)CCO2. The van der Waals surface area contributed by atoms with E-state index in [-0.39, 0.29) is 11.5 Å². The van der Waals surface area contributed by atoms with Crippen molar-refractivity contribution in [3.63, 3.8) is 0 Å². The average molecular weight is 331 g/mol. The molecular weight excluding hydrogens is 302 g/mol. The van der Waals surface area contributed by atoms with E-state index < -0.39 is 0 Å². The topological polar surface area (TPSA) is 38.8 Å². The fourth-order valence-electron chi connectivity index (χ4n) is 4.11. The first-order valence-electron chi connectivity index (χ1n) is 9.15. The lowest BCUT2D eigenvalue weighted by Gasteiger charge is -2.46. The number of hydrogen-bond donors (Lipinski definition) is 0. The number of nitrogens with zero attached hydrogens (tertiary/aromatic N) is 1. The summed E-state index contributed by atoms with van der Waals surface area (Å²) < 4.78 is 11.2. The van der Waals surface area contributed by atoms with Gasteiger partial charge in [0, 0.05) is 26.8 Å². The summed E-state index contributed by atoms with van der Waals surface area (Å²) in [6.07, 6.45) is 5.84. The van der Waals surface area contributed by atoms with Gasteiger partial charge in [-0.3, -0.25) is 4.79 Å². The second-order valence-corrected chi connectivity index (χ2v) is 7.20. The molecule has 0 saturated carbocycles. The highest BCUT2D eigenvalue weighted by atomic mass is 16.5. The minimum absolute atomic E-state index is 0.00423. The smallest absolute Gasteiger partial charge is 0.224 e. The van der Waals surface area contributed by atoms with Gasteiger partial charge in [0.1, 0.15) is 0 Å². The molecule has 24 heavy (non-hydrogen) atoms. The molecule has 0 aliphatic carbocycles. The molecule has 1 spiro atoms. The van der Waals surface area contributed by atoms with Crippen molar-refractivity contribution < 1.29 is 14.3 Å². The fourth-order valence-corrected chi connectivity index (χ4v) is 4.11. The molecule has 0 aromatic heterocycles. The first kappa shape index (κ1) is 17.4. The van der Waals surface area contributed by atoms with Crippen LogP contribution in [0.1, 0.15) is 37.7 Å². The van der Waals surface area contributed by atoms with Crippen LogP contribution in [-0.2, 0) is 20.7 Å². The van der Waals surface area contributed by atoms with Gasteiger partial charge >= 0.3 is 0 Å². The minimum atomic E-state index is -0.00423. The number of ether oxygens (including phenoxy) is 2. The van der Waals surface area contributed by atoms with Crippen molar-refractivity contribution >= 4 is 5.91 Å². The molecule has 1 aromatic rings. The van der Waals surface area contributed by atoms with Gasteiger partial charge in [-0.05, 0) is 43.6 Å². The zero-order valence-corrected chi connectivity index (χ0v) is 14.7. The van der Waals surface area contributed by atoms with Gasteiger partial charge in [0.05, 0.1) is 18.6 Å². The van der Waals surface area contributed by atoms with Crippen LogP contribution in [0.4, 0.5) is 0 Å². The largest absolute Gasteiger partial charge is 0.384 e. The van der Waals surface area contributed by atoms with E-state index in [2.05, 4.69) is 30.3 Å². The first-order chi connectivity index (χ1) is 11.7. The molecule has 1 amide bonds. The Labute approximate surface area is 145 Å². The van der Waals surface area contributed by atoms with Crippen LogP contribution in [0.3, 0.4) is 0 Å². The maximum absolute atomic E-state index is 12.1. The molecule has 132 valence electrons. The highest BCUT2D eigenvalue weighted by Gasteiger charge is 2.40. The van der Waals surface area contributed by atoms with Crippen LogP contribution in [0, 0.1) is 5.92 Å². The number of methoxy groups -OCH3 is 1. The highest BCUT2D eigenvalue weighted by molar-refractivity contribution is 5.76. The van der Waals surface area contributed by atoms with Crippen molar-refractivity contribution in [2.75, 3.05) is 33.4 Å². The number of hydrogen-bond acceptors (Lipinski definition) is 3. The Kier molecular flexibility index (Phi) is 5.90. The van der Waals surface area contributed by atoms with Crippen LogP contribution < -0.4 is 0 Å². The van der Waals surface area contributed by atoms with Crippen LogP contribution in [0.25, 0.3) is 0 Å². The predicted octanol–water partition coefficient (Wildman–Crippen LogP) is 3.05. The molecule has 2 aliphatic heterocycles. The van der Waals surface area contributed by atoms with Crippen molar-refractivity contribution in [3.8, 4) is 0 Å². The summed E-state index contributed by atoms with van der Waals surface area (Å²) in [5, 5.41) is 0. The Morgan fingerprint density at radius 3 is 2.75 bits per heavy atom. The Hall–Kier alpha value is -1.39. The molecule has 0 radical (unpaired) electrons. The van der Waals surface area contributed by atoms with Crippen molar-refractivity contribution in [1.82, 2.24) is 4.90 Å². The highest BCUT2D eigenvalue weighted by Crippen LogP contribution is 2.38. The Bertz CT molecular complexity index is 523. The van der Waals surface area contributed by atoms with E-state index in [9.17, 15) is 4.79 Å². The van der Waals surface area contributed by atoms with E-state index in [4.69, 9.17) is 9.47 Å². The maximum Gasteiger partial charge on any atom is 0.224 e. The molecule has 1 aromatic carbocycles. The number of carbonyl (C=O) groups excluding carboxylic acids is 1. The predicted molar refractivity (Wildman–Crippen MR) is 93.9 cm³/mol. The minimum Gasteiger partial charge on any atom is -0.384 e. The van der Waals surface area contributed by atoms with Crippen LogP contribution in [0.2, 0.25) is 0 Å². The van der Waals surface area contributed by atoms with Crippen LogP contribution in [-0.4, -0.2) is 49.8 Å². The standard InChI is InChI=1S/C20H29NO3/c1-23-13-8-19(22)21-11-9-20(10-12-21)16-18(7-14-24-20)15-17-5-3-2-4-6-17/h2-6,18H,7-16H2,1H3. The summed E-state index contributed by atoms with van der Waals surface area (Å²) in [6, 6.07) is 10.8. The molecule has 4 nitrogen and oxygen atoms in total. The van der Waals surface area contributed by atoms with Gasteiger partial charge in [0.15, 0.2) is 0 Å². The van der Waals surface area contributed by atoms with Crippen LogP contribution >= 0.6 is 0 Å². The Morgan fingerprint density at radius 1 is 1.29 bits per heavy atom. The van der Waals surface area contributed by atoms with Crippen molar-refractivity contribution in [3.05, 3.63) is 35.9 Å². The van der Waals surface area contributed by atoms with Gasteiger partial charge in [0.2, 0.25) is 5.91 Å². The number of rotatable bonds is 5. The fraction of sp³-hybridized carbons (Fsp3) is 0.650. The summed E-state index contributed by atoms with van der Waals surface area (Å²) in [7, 11) is 1.64. The number of likely N-dealkylation sites (tertiary alicyclic amines) is 1. The molecule has 3 rings (SSSR count). The van der Waals surface area contributed by atoms with Gasteiger partial charge in [-0.2, -0.15) is 0 Å². The van der Waals surface area contributed by atoms with E-state index in [1.165, 1.54) is 5.56 Å². The van der Waals surface area contributed by atoms with Crippen molar-refractivity contribution in [2.45, 2.75) is 44.1 Å². The van der Waals surface area contributed by atoms with Gasteiger partial charge in [0.25, 0.3) is 0 Å². The Balaban J connectivity index is 1.52. The Morgan fingerprint density at radius 2 is 2.04 bits per heavy atom. The molecule has 1 unspecified atom stereocenters. The number of benzene rings is 1. The lowest BCUT2D eigenvalue weighted by atomic mass is 9.77. The average Bonchev–Trinajstić information content (AvgIpc) is 2.61. The van der Waals surface area contributed by atoms with Crippen molar-refractivity contribution in [2.24, 2.45) is 5.92 Å². The van der Waals surface area contributed by atoms with Gasteiger partial charge in [-0.15, -0.1) is 0 Å². The summed E-state index contributed by atoms with van der Waals surface area (Å²) in [4.78, 5) is 14.1. The third-order valence-corrected chi connectivity index (χ3v) is 5.51. The number of piperidine rings is 1. The lowest BCUT2D eigenvalue weighted by Crippen LogP contribution is -2.51. The molecule has 2 heterocycles. The molecule has 2 saturated heterocycles. The quantitative estimate of drug-likeness (QED) is 0.832. The zero-order valence-electron chi connectivity index (χ0n) is 14.7. The van der Waals surface area contributed by atoms with Crippen molar-refractivity contribution in [1.29, 1.82) is 0 Å². The summed E-state index contributed by atoms with van der Waals surface area (Å²) in [6.45, 7) is 3.01. The van der Waals surface area contributed by atoms with Gasteiger partial charge in [-0.1, -0.05) is 30.3 Å². The normalized spacial score (nSPS) is 23.4. The van der Waals surface area contributed by atoms with E-state index >= 15 is 0 Å². The second kappa shape index (κ2) is 8.13. The van der Waals surface area contributed by atoms with E-state index in [0.29, 0.717) is 18.9 Å².